The molecule has 5 nitrogen and oxygen atoms in total. The summed E-state index contributed by atoms with van der Waals surface area (Å²) in [5.74, 6) is 1.50. The molecule has 142 valence electrons. The molecule has 6 heteroatoms. The van der Waals surface area contributed by atoms with Gasteiger partial charge >= 0.3 is 0 Å². The van der Waals surface area contributed by atoms with Crippen molar-refractivity contribution in [2.24, 2.45) is 10.9 Å². The molecule has 1 aliphatic rings. The van der Waals surface area contributed by atoms with E-state index >= 15 is 0 Å². The van der Waals surface area contributed by atoms with Crippen LogP contribution in [0.4, 0.5) is 0 Å². The molecule has 0 spiro atoms. The summed E-state index contributed by atoms with van der Waals surface area (Å²) in [5, 5.41) is 9.07. The topological polar surface area (TPSA) is 48.9 Å². The van der Waals surface area contributed by atoms with Crippen molar-refractivity contribution < 1.29 is 4.74 Å². The Morgan fingerprint density at radius 3 is 3.08 bits per heavy atom. The summed E-state index contributed by atoms with van der Waals surface area (Å²) >= 11 is 1.83. The van der Waals surface area contributed by atoms with Gasteiger partial charge in [-0.15, -0.1) is 11.3 Å². The molecule has 0 amide bonds. The van der Waals surface area contributed by atoms with Crippen LogP contribution >= 0.6 is 11.3 Å². The highest BCUT2D eigenvalue weighted by Gasteiger charge is 2.23. The summed E-state index contributed by atoms with van der Waals surface area (Å²) in [6.07, 6.45) is 3.64. The molecule has 0 aromatic carbocycles. The van der Waals surface area contributed by atoms with Crippen LogP contribution in [0, 0.1) is 5.92 Å². The first kappa shape index (κ1) is 20.2. The van der Waals surface area contributed by atoms with Crippen LogP contribution in [0.5, 0.6) is 0 Å². The molecule has 1 aromatic rings. The molecule has 1 fully saturated rings. The van der Waals surface area contributed by atoms with E-state index in [0.717, 1.165) is 45.2 Å². The Balaban J connectivity index is 1.78. The average molecular weight is 367 g/mol. The number of hydrogen-bond acceptors (Lipinski definition) is 4. The van der Waals surface area contributed by atoms with E-state index in [1.54, 1.807) is 7.11 Å². The van der Waals surface area contributed by atoms with Crippen molar-refractivity contribution >= 4 is 17.3 Å². The van der Waals surface area contributed by atoms with Gasteiger partial charge in [0.05, 0.1) is 6.61 Å². The number of ether oxygens (including phenoxy) is 1. The van der Waals surface area contributed by atoms with Crippen molar-refractivity contribution in [1.82, 2.24) is 15.5 Å². The van der Waals surface area contributed by atoms with Crippen LogP contribution in [-0.2, 0) is 11.2 Å². The molecule has 2 heterocycles. The summed E-state index contributed by atoms with van der Waals surface area (Å²) in [6, 6.07) is 4.92. The third kappa shape index (κ3) is 7.34. The smallest absolute Gasteiger partial charge is 0.191 e. The lowest BCUT2D eigenvalue weighted by atomic mass is 10.1. The molecule has 2 unspecified atom stereocenters. The van der Waals surface area contributed by atoms with Gasteiger partial charge in [-0.25, -0.2) is 0 Å². The van der Waals surface area contributed by atoms with Gasteiger partial charge in [-0.05, 0) is 50.1 Å². The van der Waals surface area contributed by atoms with Crippen molar-refractivity contribution in [3.8, 4) is 0 Å². The van der Waals surface area contributed by atoms with E-state index in [-0.39, 0.29) is 0 Å². The van der Waals surface area contributed by atoms with Crippen LogP contribution in [-0.4, -0.2) is 63.3 Å². The first-order valence-electron chi connectivity index (χ1n) is 9.50. The van der Waals surface area contributed by atoms with E-state index in [9.17, 15) is 0 Å². The Hall–Kier alpha value is -1.11. The zero-order valence-electron chi connectivity index (χ0n) is 16.0. The Morgan fingerprint density at radius 2 is 2.36 bits per heavy atom. The number of likely N-dealkylation sites (tertiary alicyclic amines) is 1. The van der Waals surface area contributed by atoms with Crippen LogP contribution in [0.15, 0.2) is 22.5 Å². The number of methoxy groups -OCH3 is 1. The van der Waals surface area contributed by atoms with E-state index < -0.39 is 0 Å². The van der Waals surface area contributed by atoms with Crippen LogP contribution in [0.3, 0.4) is 0 Å². The second kappa shape index (κ2) is 11.5. The number of thiophene rings is 1. The van der Waals surface area contributed by atoms with Gasteiger partial charge in [0.1, 0.15) is 0 Å². The van der Waals surface area contributed by atoms with Gasteiger partial charge in [0, 0.05) is 44.2 Å². The van der Waals surface area contributed by atoms with Gasteiger partial charge in [-0.3, -0.25) is 9.89 Å². The fourth-order valence-corrected chi connectivity index (χ4v) is 4.14. The van der Waals surface area contributed by atoms with Gasteiger partial charge < -0.3 is 15.4 Å². The fraction of sp³-hybridized carbons (Fsp3) is 0.737. The summed E-state index contributed by atoms with van der Waals surface area (Å²) in [6.45, 7) is 10.1. The highest BCUT2D eigenvalue weighted by molar-refractivity contribution is 7.09. The maximum atomic E-state index is 5.23. The predicted molar refractivity (Wildman–Crippen MR) is 108 cm³/mol. The van der Waals surface area contributed by atoms with Gasteiger partial charge in [-0.2, -0.15) is 0 Å². The molecular weight excluding hydrogens is 332 g/mol. The second-order valence-corrected chi connectivity index (χ2v) is 7.85. The van der Waals surface area contributed by atoms with E-state index in [1.165, 1.54) is 24.3 Å². The van der Waals surface area contributed by atoms with Crippen molar-refractivity contribution in [2.75, 3.05) is 46.4 Å². The number of guanidine groups is 1. The van der Waals surface area contributed by atoms with Gasteiger partial charge in [0.15, 0.2) is 5.96 Å². The molecule has 0 bridgehead atoms. The minimum absolute atomic E-state index is 0.554. The second-order valence-electron chi connectivity index (χ2n) is 6.81. The lowest BCUT2D eigenvalue weighted by Gasteiger charge is -2.25. The minimum Gasteiger partial charge on any atom is -0.383 e. The Labute approximate surface area is 156 Å². The fourth-order valence-electron chi connectivity index (χ4n) is 3.27. The SMILES string of the molecule is CCNC(=NCC(C)Cc1cccs1)NCC1CCCN1CCOC. The highest BCUT2D eigenvalue weighted by Crippen LogP contribution is 2.16. The van der Waals surface area contributed by atoms with Crippen LogP contribution in [0.1, 0.15) is 31.6 Å². The first-order valence-corrected chi connectivity index (χ1v) is 10.4. The standard InChI is InChI=1S/C19H34N4OS/c1-4-20-19(21-14-16(2)13-18-8-6-12-25-18)22-15-17-7-5-9-23(17)10-11-24-3/h6,8,12,16-17H,4-5,7,9-11,13-15H2,1-3H3,(H2,20,21,22). The molecule has 2 N–H and O–H groups in total. The third-order valence-electron chi connectivity index (χ3n) is 4.62. The Bertz CT molecular complexity index is 492. The van der Waals surface area contributed by atoms with Gasteiger partial charge in [-0.1, -0.05) is 13.0 Å². The monoisotopic (exact) mass is 366 g/mol. The van der Waals surface area contributed by atoms with Crippen LogP contribution in [0.25, 0.3) is 0 Å². The van der Waals surface area contributed by atoms with Crippen molar-refractivity contribution in [2.45, 2.75) is 39.2 Å². The summed E-state index contributed by atoms with van der Waals surface area (Å²) in [5.41, 5.74) is 0. The molecule has 2 atom stereocenters. The molecule has 1 saturated heterocycles. The normalized spacial score (nSPS) is 20.0. The molecule has 0 radical (unpaired) electrons. The maximum Gasteiger partial charge on any atom is 0.191 e. The lowest BCUT2D eigenvalue weighted by molar-refractivity contribution is 0.141. The minimum atomic E-state index is 0.554. The third-order valence-corrected chi connectivity index (χ3v) is 5.52. The molecular formula is C19H34N4OS. The lowest BCUT2D eigenvalue weighted by Crippen LogP contribution is -2.45. The van der Waals surface area contributed by atoms with E-state index in [4.69, 9.17) is 9.73 Å². The predicted octanol–water partition coefficient (Wildman–Crippen LogP) is 2.59. The van der Waals surface area contributed by atoms with Crippen molar-refractivity contribution in [1.29, 1.82) is 0 Å². The summed E-state index contributed by atoms with van der Waals surface area (Å²) in [4.78, 5) is 8.77. The number of hydrogen-bond donors (Lipinski definition) is 2. The van der Waals surface area contributed by atoms with Crippen LogP contribution < -0.4 is 10.6 Å². The zero-order chi connectivity index (χ0) is 17.9. The van der Waals surface area contributed by atoms with Crippen molar-refractivity contribution in [3.05, 3.63) is 22.4 Å². The van der Waals surface area contributed by atoms with E-state index in [1.807, 2.05) is 11.3 Å². The molecule has 1 aliphatic heterocycles. The van der Waals surface area contributed by atoms with Crippen molar-refractivity contribution in [3.63, 3.8) is 0 Å². The molecule has 0 aliphatic carbocycles. The number of nitrogens with one attached hydrogen (secondary N) is 2. The van der Waals surface area contributed by atoms with E-state index in [0.29, 0.717) is 12.0 Å². The quantitative estimate of drug-likeness (QED) is 0.494. The molecule has 0 saturated carbocycles. The highest BCUT2D eigenvalue weighted by atomic mass is 32.1. The molecule has 25 heavy (non-hydrogen) atoms. The van der Waals surface area contributed by atoms with Gasteiger partial charge in [0.2, 0.25) is 0 Å². The number of nitrogens with zero attached hydrogens (tertiary/aromatic N) is 2. The Kier molecular flexibility index (Phi) is 9.29. The Morgan fingerprint density at radius 1 is 1.48 bits per heavy atom. The van der Waals surface area contributed by atoms with Crippen LogP contribution in [0.2, 0.25) is 0 Å². The molecule has 1 aromatic heterocycles. The zero-order valence-corrected chi connectivity index (χ0v) is 16.8. The number of aliphatic imine (C=N–C) groups is 1. The number of rotatable bonds is 10. The summed E-state index contributed by atoms with van der Waals surface area (Å²) in [7, 11) is 1.77. The first-order chi connectivity index (χ1) is 12.2. The van der Waals surface area contributed by atoms with E-state index in [2.05, 4.69) is 46.9 Å². The van der Waals surface area contributed by atoms with Gasteiger partial charge in [0.25, 0.3) is 0 Å². The summed E-state index contributed by atoms with van der Waals surface area (Å²) < 4.78 is 5.23. The largest absolute Gasteiger partial charge is 0.383 e. The average Bonchev–Trinajstić information content (AvgIpc) is 3.27. The molecule has 2 rings (SSSR count). The maximum absolute atomic E-state index is 5.23.